The van der Waals surface area contributed by atoms with E-state index in [4.69, 9.17) is 10.5 Å². The van der Waals surface area contributed by atoms with E-state index in [-0.39, 0.29) is 0 Å². The Kier molecular flexibility index (Phi) is 2.23. The quantitative estimate of drug-likeness (QED) is 0.690. The Bertz CT molecular complexity index is 336. The third-order valence-electron chi connectivity index (χ3n) is 2.51. The minimum absolute atomic E-state index is 0.501. The molecule has 3 nitrogen and oxygen atoms in total. The van der Waals surface area contributed by atoms with Gasteiger partial charge in [0.2, 0.25) is 0 Å². The first kappa shape index (κ1) is 9.19. The molecule has 0 amide bonds. The van der Waals surface area contributed by atoms with Gasteiger partial charge in [0.05, 0.1) is 12.2 Å². The number of nitrogens with zero attached hydrogens (tertiary/aromatic N) is 1. The fraction of sp³-hybridized carbons (Fsp3) is 0.455. The first-order valence-electron chi connectivity index (χ1n) is 4.97. The number of nitrogens with two attached hydrogens (primary N) is 1. The van der Waals surface area contributed by atoms with Gasteiger partial charge in [-0.2, -0.15) is 0 Å². The van der Waals surface area contributed by atoms with Crippen molar-refractivity contribution in [3.05, 3.63) is 18.2 Å². The molecule has 0 saturated carbocycles. The number of hydrogen-bond donors (Lipinski definition) is 1. The fourth-order valence-electron chi connectivity index (χ4n) is 1.79. The topological polar surface area (TPSA) is 38.5 Å². The van der Waals surface area contributed by atoms with Crippen molar-refractivity contribution in [2.75, 3.05) is 23.8 Å². The minimum Gasteiger partial charge on any atom is -0.489 e. The van der Waals surface area contributed by atoms with Crippen LogP contribution >= 0.6 is 0 Å². The van der Waals surface area contributed by atoms with Crippen molar-refractivity contribution < 1.29 is 4.74 Å². The number of ether oxygens (including phenoxy) is 1. The zero-order valence-electron chi connectivity index (χ0n) is 8.66. The molecule has 1 aliphatic heterocycles. The smallest absolute Gasteiger partial charge is 0.144 e. The number of fused-ring (bicyclic) bond motifs is 1. The van der Waals surface area contributed by atoms with Crippen LogP contribution in [0.25, 0.3) is 0 Å². The SMILES string of the molecule is CC(C)N1CCOc2cc(N)ccc21. The summed E-state index contributed by atoms with van der Waals surface area (Å²) in [6.07, 6.45) is 0. The number of benzene rings is 1. The molecule has 14 heavy (non-hydrogen) atoms. The lowest BCUT2D eigenvalue weighted by Crippen LogP contribution is -2.37. The molecule has 1 aromatic carbocycles. The lowest BCUT2D eigenvalue weighted by atomic mass is 10.2. The van der Waals surface area contributed by atoms with Crippen LogP contribution in [-0.2, 0) is 0 Å². The molecule has 0 spiro atoms. The summed E-state index contributed by atoms with van der Waals surface area (Å²) in [5.74, 6) is 0.907. The molecule has 1 aromatic rings. The third kappa shape index (κ3) is 1.50. The standard InChI is InChI=1S/C11H16N2O/c1-8(2)13-5-6-14-11-7-9(12)3-4-10(11)13/h3-4,7-8H,5-6,12H2,1-2H3. The highest BCUT2D eigenvalue weighted by Gasteiger charge is 2.19. The van der Waals surface area contributed by atoms with Gasteiger partial charge >= 0.3 is 0 Å². The van der Waals surface area contributed by atoms with E-state index in [0.717, 1.165) is 30.3 Å². The second-order valence-corrected chi connectivity index (χ2v) is 3.86. The summed E-state index contributed by atoms with van der Waals surface area (Å²) in [6.45, 7) is 6.07. The average molecular weight is 192 g/mol. The van der Waals surface area contributed by atoms with Crippen molar-refractivity contribution in [1.29, 1.82) is 0 Å². The van der Waals surface area contributed by atoms with Crippen LogP contribution in [0.5, 0.6) is 5.75 Å². The zero-order valence-corrected chi connectivity index (χ0v) is 8.66. The molecule has 0 radical (unpaired) electrons. The highest BCUT2D eigenvalue weighted by Crippen LogP contribution is 2.34. The summed E-state index contributed by atoms with van der Waals surface area (Å²) in [5, 5.41) is 0. The lowest BCUT2D eigenvalue weighted by Gasteiger charge is -2.34. The van der Waals surface area contributed by atoms with Crippen LogP contribution in [0, 0.1) is 0 Å². The van der Waals surface area contributed by atoms with Crippen LogP contribution in [-0.4, -0.2) is 19.2 Å². The first-order chi connectivity index (χ1) is 6.68. The Morgan fingerprint density at radius 1 is 1.43 bits per heavy atom. The molecule has 1 aliphatic rings. The number of hydrogen-bond acceptors (Lipinski definition) is 3. The van der Waals surface area contributed by atoms with E-state index in [2.05, 4.69) is 18.7 Å². The first-order valence-corrected chi connectivity index (χ1v) is 4.97. The maximum absolute atomic E-state index is 5.70. The molecule has 0 aliphatic carbocycles. The lowest BCUT2D eigenvalue weighted by molar-refractivity contribution is 0.303. The molecule has 76 valence electrons. The molecule has 0 saturated heterocycles. The van der Waals surface area contributed by atoms with Crippen LogP contribution in [0.4, 0.5) is 11.4 Å². The van der Waals surface area contributed by atoms with Gasteiger partial charge in [0.25, 0.3) is 0 Å². The van der Waals surface area contributed by atoms with Crippen LogP contribution < -0.4 is 15.4 Å². The Morgan fingerprint density at radius 2 is 2.21 bits per heavy atom. The molecular formula is C11H16N2O. The van der Waals surface area contributed by atoms with Gasteiger partial charge in [0.1, 0.15) is 12.4 Å². The Balaban J connectivity index is 2.40. The van der Waals surface area contributed by atoms with Crippen LogP contribution in [0.2, 0.25) is 0 Å². The average Bonchev–Trinajstić information content (AvgIpc) is 2.16. The molecule has 0 bridgehead atoms. The van der Waals surface area contributed by atoms with E-state index < -0.39 is 0 Å². The second kappa shape index (κ2) is 3.40. The molecule has 0 atom stereocenters. The Hall–Kier alpha value is -1.38. The molecule has 2 rings (SSSR count). The maximum atomic E-state index is 5.70. The predicted octanol–water partition coefficient (Wildman–Crippen LogP) is 1.88. The summed E-state index contributed by atoms with van der Waals surface area (Å²) < 4.78 is 5.56. The van der Waals surface area contributed by atoms with Gasteiger partial charge in [0, 0.05) is 17.8 Å². The van der Waals surface area contributed by atoms with Crippen molar-refractivity contribution in [2.24, 2.45) is 0 Å². The van der Waals surface area contributed by atoms with E-state index in [0.29, 0.717) is 6.04 Å². The minimum atomic E-state index is 0.501. The highest BCUT2D eigenvalue weighted by molar-refractivity contribution is 5.65. The van der Waals surface area contributed by atoms with Crippen molar-refractivity contribution >= 4 is 11.4 Å². The van der Waals surface area contributed by atoms with Gasteiger partial charge in [-0.15, -0.1) is 0 Å². The molecular weight excluding hydrogens is 176 g/mol. The van der Waals surface area contributed by atoms with Gasteiger partial charge in [-0.1, -0.05) is 0 Å². The maximum Gasteiger partial charge on any atom is 0.144 e. The van der Waals surface area contributed by atoms with Gasteiger partial charge in [0.15, 0.2) is 0 Å². The fourth-order valence-corrected chi connectivity index (χ4v) is 1.79. The monoisotopic (exact) mass is 192 g/mol. The summed E-state index contributed by atoms with van der Waals surface area (Å²) in [5.41, 5.74) is 7.62. The van der Waals surface area contributed by atoms with Crippen molar-refractivity contribution in [2.45, 2.75) is 19.9 Å². The van der Waals surface area contributed by atoms with Crippen molar-refractivity contribution in [3.63, 3.8) is 0 Å². The van der Waals surface area contributed by atoms with Crippen molar-refractivity contribution in [3.8, 4) is 5.75 Å². The Morgan fingerprint density at radius 3 is 2.93 bits per heavy atom. The Labute approximate surface area is 84.5 Å². The number of nitrogen functional groups attached to an aromatic ring is 1. The molecule has 2 N–H and O–H groups in total. The van der Waals surface area contributed by atoms with E-state index in [1.807, 2.05) is 18.2 Å². The largest absolute Gasteiger partial charge is 0.489 e. The summed E-state index contributed by atoms with van der Waals surface area (Å²) in [6, 6.07) is 6.35. The van der Waals surface area contributed by atoms with E-state index in [9.17, 15) is 0 Å². The van der Waals surface area contributed by atoms with Crippen LogP contribution in [0.3, 0.4) is 0 Å². The van der Waals surface area contributed by atoms with E-state index >= 15 is 0 Å². The number of anilines is 2. The van der Waals surface area contributed by atoms with E-state index in [1.165, 1.54) is 0 Å². The van der Waals surface area contributed by atoms with Crippen LogP contribution in [0.1, 0.15) is 13.8 Å². The summed E-state index contributed by atoms with van der Waals surface area (Å²) in [4.78, 5) is 2.33. The molecule has 0 aromatic heterocycles. The summed E-state index contributed by atoms with van der Waals surface area (Å²) in [7, 11) is 0. The van der Waals surface area contributed by atoms with Gasteiger partial charge < -0.3 is 15.4 Å². The molecule has 1 heterocycles. The van der Waals surface area contributed by atoms with Crippen LogP contribution in [0.15, 0.2) is 18.2 Å². The van der Waals surface area contributed by atoms with E-state index in [1.54, 1.807) is 0 Å². The second-order valence-electron chi connectivity index (χ2n) is 3.86. The molecule has 3 heteroatoms. The van der Waals surface area contributed by atoms with Gasteiger partial charge in [-0.25, -0.2) is 0 Å². The summed E-state index contributed by atoms with van der Waals surface area (Å²) >= 11 is 0. The molecule has 0 unspecified atom stereocenters. The van der Waals surface area contributed by atoms with Gasteiger partial charge in [-0.3, -0.25) is 0 Å². The number of rotatable bonds is 1. The molecule has 0 fully saturated rings. The highest BCUT2D eigenvalue weighted by atomic mass is 16.5. The van der Waals surface area contributed by atoms with Crippen molar-refractivity contribution in [1.82, 2.24) is 0 Å². The zero-order chi connectivity index (χ0) is 10.1. The third-order valence-corrected chi connectivity index (χ3v) is 2.51. The van der Waals surface area contributed by atoms with Gasteiger partial charge in [-0.05, 0) is 26.0 Å². The predicted molar refractivity (Wildman–Crippen MR) is 58.8 cm³/mol. The normalized spacial score (nSPS) is 15.2.